The Morgan fingerprint density at radius 3 is 2.82 bits per heavy atom. The summed E-state index contributed by atoms with van der Waals surface area (Å²) in [6, 6.07) is 11.9. The summed E-state index contributed by atoms with van der Waals surface area (Å²) in [5, 5.41) is 3.91. The Hall–Kier alpha value is -2.66. The normalized spacial score (nSPS) is 10.6. The molecule has 0 aliphatic rings. The summed E-state index contributed by atoms with van der Waals surface area (Å²) in [5.74, 6) is -0.478. The summed E-state index contributed by atoms with van der Waals surface area (Å²) < 4.78 is 1.36. The first-order valence-electron chi connectivity index (χ1n) is 6.58. The lowest BCUT2D eigenvalue weighted by molar-refractivity contribution is 0.102. The molecule has 1 aromatic carbocycles. The maximum Gasteiger partial charge on any atom is 0.264 e. The van der Waals surface area contributed by atoms with Crippen molar-refractivity contribution in [2.45, 2.75) is 0 Å². The number of anilines is 1. The number of carbonyl (C=O) groups excluding carboxylic acids is 1. The van der Waals surface area contributed by atoms with Crippen LogP contribution in [0.15, 0.2) is 53.5 Å². The van der Waals surface area contributed by atoms with E-state index >= 15 is 0 Å². The summed E-state index contributed by atoms with van der Waals surface area (Å²) in [4.78, 5) is 28.8. The van der Waals surface area contributed by atoms with Gasteiger partial charge in [0.2, 0.25) is 0 Å². The van der Waals surface area contributed by atoms with E-state index in [1.165, 1.54) is 4.57 Å². The first-order chi connectivity index (χ1) is 10.6. The van der Waals surface area contributed by atoms with Crippen molar-refractivity contribution in [3.05, 3.63) is 69.6 Å². The average Bonchev–Trinajstić information content (AvgIpc) is 2.51. The van der Waals surface area contributed by atoms with Crippen LogP contribution in [-0.4, -0.2) is 15.5 Å². The van der Waals surface area contributed by atoms with E-state index in [0.29, 0.717) is 16.4 Å². The summed E-state index contributed by atoms with van der Waals surface area (Å²) in [7, 11) is 1.59. The molecule has 0 saturated carbocycles. The molecule has 0 atom stereocenters. The van der Waals surface area contributed by atoms with Gasteiger partial charge in [0.05, 0.1) is 0 Å². The smallest absolute Gasteiger partial charge is 0.264 e. The molecule has 22 heavy (non-hydrogen) atoms. The Morgan fingerprint density at radius 1 is 1.23 bits per heavy atom. The second-order valence-electron chi connectivity index (χ2n) is 4.80. The van der Waals surface area contributed by atoms with Crippen LogP contribution in [0.4, 0.5) is 5.69 Å². The van der Waals surface area contributed by atoms with E-state index in [2.05, 4.69) is 10.3 Å². The van der Waals surface area contributed by atoms with E-state index in [9.17, 15) is 9.59 Å². The second kappa shape index (κ2) is 5.61. The molecule has 0 spiro atoms. The highest BCUT2D eigenvalue weighted by atomic mass is 35.5. The van der Waals surface area contributed by atoms with Crippen LogP contribution < -0.4 is 10.9 Å². The molecule has 0 radical (unpaired) electrons. The van der Waals surface area contributed by atoms with Crippen LogP contribution in [0.3, 0.4) is 0 Å². The molecule has 5 nitrogen and oxygen atoms in total. The maximum atomic E-state index is 12.4. The van der Waals surface area contributed by atoms with Gasteiger partial charge in [0.25, 0.3) is 11.5 Å². The van der Waals surface area contributed by atoms with Crippen LogP contribution >= 0.6 is 11.6 Å². The van der Waals surface area contributed by atoms with Crippen molar-refractivity contribution in [1.29, 1.82) is 0 Å². The molecule has 2 aromatic heterocycles. The minimum absolute atomic E-state index is 0.0583. The molecule has 0 bridgehead atoms. The zero-order valence-corrected chi connectivity index (χ0v) is 12.5. The third-order valence-corrected chi connectivity index (χ3v) is 3.53. The zero-order chi connectivity index (χ0) is 15.7. The first kappa shape index (κ1) is 14.3. The number of hydrogen-bond donors (Lipinski definition) is 1. The lowest BCUT2D eigenvalue weighted by Gasteiger charge is -2.08. The van der Waals surface area contributed by atoms with E-state index in [4.69, 9.17) is 11.6 Å². The number of rotatable bonds is 2. The van der Waals surface area contributed by atoms with Crippen molar-refractivity contribution in [2.75, 3.05) is 5.32 Å². The molecule has 0 fully saturated rings. The monoisotopic (exact) mass is 313 g/mol. The largest absolute Gasteiger partial charge is 0.322 e. The third kappa shape index (κ3) is 2.58. The van der Waals surface area contributed by atoms with Crippen molar-refractivity contribution in [3.8, 4) is 0 Å². The van der Waals surface area contributed by atoms with E-state index in [-0.39, 0.29) is 5.56 Å². The molecule has 0 aliphatic carbocycles. The van der Waals surface area contributed by atoms with Crippen molar-refractivity contribution in [3.63, 3.8) is 0 Å². The number of carbonyl (C=O) groups is 1. The number of benzene rings is 1. The van der Waals surface area contributed by atoms with Crippen molar-refractivity contribution in [2.24, 2.45) is 7.05 Å². The van der Waals surface area contributed by atoms with Gasteiger partial charge in [-0.25, -0.2) is 4.98 Å². The van der Waals surface area contributed by atoms with Gasteiger partial charge in [-0.05, 0) is 36.4 Å². The van der Waals surface area contributed by atoms with E-state index in [0.717, 1.165) is 5.39 Å². The fourth-order valence-corrected chi connectivity index (χ4v) is 2.41. The standard InChI is InChI=1S/C16H12ClN3O2/c1-20-14-10(4-3-7-18-14)8-13(16(20)22)15(21)19-12-6-2-5-11(17)9-12/h2-9H,1H3,(H,19,21). The quantitative estimate of drug-likeness (QED) is 0.791. The summed E-state index contributed by atoms with van der Waals surface area (Å²) in [6.45, 7) is 0. The molecule has 3 aromatic rings. The van der Waals surface area contributed by atoms with Gasteiger partial charge in [-0.2, -0.15) is 0 Å². The number of halogens is 1. The van der Waals surface area contributed by atoms with Crippen LogP contribution in [0, 0.1) is 0 Å². The third-order valence-electron chi connectivity index (χ3n) is 3.30. The molecule has 6 heteroatoms. The molecule has 2 heterocycles. The Labute approximate surface area is 131 Å². The molecule has 1 amide bonds. The molecule has 0 saturated heterocycles. The number of fused-ring (bicyclic) bond motifs is 1. The van der Waals surface area contributed by atoms with Crippen molar-refractivity contribution in [1.82, 2.24) is 9.55 Å². The summed E-state index contributed by atoms with van der Waals surface area (Å²) in [5.41, 5.74) is 0.728. The highest BCUT2D eigenvalue weighted by Gasteiger charge is 2.14. The molecular formula is C16H12ClN3O2. The zero-order valence-electron chi connectivity index (χ0n) is 11.7. The first-order valence-corrected chi connectivity index (χ1v) is 6.96. The minimum Gasteiger partial charge on any atom is -0.322 e. The van der Waals surface area contributed by atoms with E-state index < -0.39 is 11.5 Å². The van der Waals surface area contributed by atoms with Crippen molar-refractivity contribution < 1.29 is 4.79 Å². The Morgan fingerprint density at radius 2 is 2.05 bits per heavy atom. The number of nitrogens with zero attached hydrogens (tertiary/aromatic N) is 2. The molecule has 0 unspecified atom stereocenters. The van der Waals surface area contributed by atoms with Gasteiger partial charge < -0.3 is 5.32 Å². The van der Waals surface area contributed by atoms with Gasteiger partial charge in [-0.3, -0.25) is 14.2 Å². The van der Waals surface area contributed by atoms with Gasteiger partial charge in [0.1, 0.15) is 11.2 Å². The van der Waals surface area contributed by atoms with Crippen LogP contribution in [0.1, 0.15) is 10.4 Å². The highest BCUT2D eigenvalue weighted by Crippen LogP contribution is 2.16. The lowest BCUT2D eigenvalue weighted by atomic mass is 10.2. The highest BCUT2D eigenvalue weighted by molar-refractivity contribution is 6.31. The van der Waals surface area contributed by atoms with Gasteiger partial charge >= 0.3 is 0 Å². The fraction of sp³-hybridized carbons (Fsp3) is 0.0625. The van der Waals surface area contributed by atoms with Gasteiger partial charge in [-0.15, -0.1) is 0 Å². The topological polar surface area (TPSA) is 64.0 Å². The summed E-state index contributed by atoms with van der Waals surface area (Å²) >= 11 is 5.88. The predicted octanol–water partition coefficient (Wildman–Crippen LogP) is 2.84. The molecule has 3 rings (SSSR count). The number of pyridine rings is 2. The molecular weight excluding hydrogens is 302 g/mol. The number of hydrogen-bond acceptors (Lipinski definition) is 3. The molecule has 110 valence electrons. The van der Waals surface area contributed by atoms with E-state index in [1.807, 2.05) is 0 Å². The minimum atomic E-state index is -0.478. The Kier molecular flexibility index (Phi) is 3.65. The van der Waals surface area contributed by atoms with Gasteiger partial charge in [-0.1, -0.05) is 17.7 Å². The Balaban J connectivity index is 2.04. The molecule has 0 aliphatic heterocycles. The van der Waals surface area contributed by atoms with E-state index in [1.54, 1.807) is 55.7 Å². The number of nitrogens with one attached hydrogen (secondary N) is 1. The van der Waals surface area contributed by atoms with Gasteiger partial charge in [0, 0.05) is 29.3 Å². The SMILES string of the molecule is Cn1c(=O)c(C(=O)Nc2cccc(Cl)c2)cc2cccnc21. The Bertz CT molecular complexity index is 934. The maximum absolute atomic E-state index is 12.4. The number of amides is 1. The van der Waals surface area contributed by atoms with Gasteiger partial charge in [0.15, 0.2) is 0 Å². The van der Waals surface area contributed by atoms with Crippen LogP contribution in [-0.2, 0) is 7.05 Å². The lowest BCUT2D eigenvalue weighted by Crippen LogP contribution is -2.28. The van der Waals surface area contributed by atoms with Crippen molar-refractivity contribution >= 4 is 34.2 Å². The fourth-order valence-electron chi connectivity index (χ4n) is 2.22. The average molecular weight is 314 g/mol. The second-order valence-corrected chi connectivity index (χ2v) is 5.24. The predicted molar refractivity (Wildman–Crippen MR) is 86.4 cm³/mol. The number of aryl methyl sites for hydroxylation is 1. The molecule has 1 N–H and O–H groups in total. The summed E-state index contributed by atoms with van der Waals surface area (Å²) in [6.07, 6.45) is 1.60. The van der Waals surface area contributed by atoms with Crippen LogP contribution in [0.5, 0.6) is 0 Å². The number of aromatic nitrogens is 2. The van der Waals surface area contributed by atoms with Crippen LogP contribution in [0.2, 0.25) is 5.02 Å². The van der Waals surface area contributed by atoms with Crippen LogP contribution in [0.25, 0.3) is 11.0 Å².